The third-order valence-electron chi connectivity index (χ3n) is 2.23. The van der Waals surface area contributed by atoms with E-state index in [0.717, 1.165) is 0 Å². The number of aromatic nitrogens is 1. The first-order valence-corrected chi connectivity index (χ1v) is 5.73. The largest absolute Gasteiger partial charge is 0.506 e. The average molecular weight is 283 g/mol. The van der Waals surface area contributed by atoms with Gasteiger partial charge < -0.3 is 10.4 Å². The van der Waals surface area contributed by atoms with Crippen LogP contribution in [0.4, 0.5) is 5.69 Å². The summed E-state index contributed by atoms with van der Waals surface area (Å²) in [6.45, 7) is 0. The minimum absolute atomic E-state index is 0.110. The van der Waals surface area contributed by atoms with Gasteiger partial charge in [-0.25, -0.2) is 0 Å². The fourth-order valence-corrected chi connectivity index (χ4v) is 1.73. The van der Waals surface area contributed by atoms with E-state index < -0.39 is 5.91 Å². The normalized spacial score (nSPS) is 10.1. The lowest BCUT2D eigenvalue weighted by atomic mass is 10.2. The molecule has 18 heavy (non-hydrogen) atoms. The van der Waals surface area contributed by atoms with Crippen LogP contribution in [-0.4, -0.2) is 16.0 Å². The lowest BCUT2D eigenvalue weighted by Crippen LogP contribution is -2.12. The van der Waals surface area contributed by atoms with Crippen molar-refractivity contribution in [3.05, 3.63) is 52.3 Å². The molecule has 0 spiro atoms. The Bertz CT molecular complexity index is 602. The van der Waals surface area contributed by atoms with Gasteiger partial charge >= 0.3 is 0 Å². The Labute approximate surface area is 113 Å². The molecule has 1 aromatic carbocycles. The molecule has 2 aromatic rings. The number of pyridine rings is 1. The number of phenolic OH excluding ortho intramolecular Hbond substituents is 1. The Morgan fingerprint density at radius 1 is 1.28 bits per heavy atom. The summed E-state index contributed by atoms with van der Waals surface area (Å²) in [5.41, 5.74) is 0.540. The lowest BCUT2D eigenvalue weighted by Gasteiger charge is -2.08. The number of anilines is 1. The number of nitrogens with zero attached hydrogens (tertiary/aromatic N) is 1. The van der Waals surface area contributed by atoms with E-state index in [1.54, 1.807) is 6.07 Å². The first-order chi connectivity index (χ1) is 8.58. The Hall–Kier alpha value is -1.78. The van der Waals surface area contributed by atoms with Crippen molar-refractivity contribution in [1.82, 2.24) is 4.98 Å². The van der Waals surface area contributed by atoms with Crippen LogP contribution in [0.1, 0.15) is 10.4 Å². The highest BCUT2D eigenvalue weighted by Crippen LogP contribution is 2.27. The van der Waals surface area contributed by atoms with Crippen LogP contribution < -0.4 is 5.32 Å². The van der Waals surface area contributed by atoms with Crippen molar-refractivity contribution in [2.24, 2.45) is 0 Å². The number of nitrogens with one attached hydrogen (secondary N) is 1. The molecule has 92 valence electrons. The molecule has 1 heterocycles. The smallest absolute Gasteiger partial charge is 0.257 e. The number of carbonyl (C=O) groups excluding carboxylic acids is 1. The molecule has 0 saturated heterocycles. The number of hydrogen-bond acceptors (Lipinski definition) is 3. The molecule has 0 aliphatic carbocycles. The molecule has 4 nitrogen and oxygen atoms in total. The van der Waals surface area contributed by atoms with Crippen LogP contribution in [0.3, 0.4) is 0 Å². The van der Waals surface area contributed by atoms with Crippen molar-refractivity contribution < 1.29 is 9.90 Å². The minimum atomic E-state index is -0.431. The molecular weight excluding hydrogens is 275 g/mol. The fraction of sp³-hybridized carbons (Fsp3) is 0. The average Bonchev–Trinajstić information content (AvgIpc) is 2.33. The topological polar surface area (TPSA) is 62.2 Å². The summed E-state index contributed by atoms with van der Waals surface area (Å²) in [5, 5.41) is 12.8. The maximum Gasteiger partial charge on any atom is 0.257 e. The number of aromatic hydroxyl groups is 1. The van der Waals surface area contributed by atoms with E-state index in [1.165, 1.54) is 30.6 Å². The van der Waals surface area contributed by atoms with Gasteiger partial charge in [-0.1, -0.05) is 23.2 Å². The van der Waals surface area contributed by atoms with E-state index in [-0.39, 0.29) is 22.0 Å². The summed E-state index contributed by atoms with van der Waals surface area (Å²) >= 11 is 11.5. The molecule has 1 aromatic heterocycles. The lowest BCUT2D eigenvalue weighted by molar-refractivity contribution is 0.102. The zero-order valence-electron chi connectivity index (χ0n) is 9.02. The van der Waals surface area contributed by atoms with Gasteiger partial charge in [0.05, 0.1) is 16.3 Å². The van der Waals surface area contributed by atoms with Crippen molar-refractivity contribution in [2.45, 2.75) is 0 Å². The highest BCUT2D eigenvalue weighted by Gasteiger charge is 2.12. The highest BCUT2D eigenvalue weighted by molar-refractivity contribution is 6.34. The van der Waals surface area contributed by atoms with Crippen LogP contribution in [-0.2, 0) is 0 Å². The van der Waals surface area contributed by atoms with Gasteiger partial charge in [0.25, 0.3) is 5.91 Å². The number of hydrogen-bond donors (Lipinski definition) is 2. The molecule has 0 unspecified atom stereocenters. The van der Waals surface area contributed by atoms with Gasteiger partial charge in [0.2, 0.25) is 0 Å². The van der Waals surface area contributed by atoms with Crippen molar-refractivity contribution in [3.8, 4) is 5.75 Å². The molecule has 2 rings (SSSR count). The van der Waals surface area contributed by atoms with Crippen LogP contribution in [0.25, 0.3) is 0 Å². The summed E-state index contributed by atoms with van der Waals surface area (Å²) in [6.07, 6.45) is 2.83. The van der Waals surface area contributed by atoms with E-state index in [4.69, 9.17) is 23.2 Å². The molecule has 1 amide bonds. The molecule has 0 radical (unpaired) electrons. The van der Waals surface area contributed by atoms with E-state index in [9.17, 15) is 9.90 Å². The van der Waals surface area contributed by atoms with Crippen molar-refractivity contribution in [2.75, 3.05) is 5.32 Å². The van der Waals surface area contributed by atoms with Gasteiger partial charge in [-0.15, -0.1) is 0 Å². The molecule has 0 atom stereocenters. The Kier molecular flexibility index (Phi) is 3.69. The van der Waals surface area contributed by atoms with Gasteiger partial charge in [0.15, 0.2) is 0 Å². The zero-order valence-corrected chi connectivity index (χ0v) is 10.5. The first kappa shape index (κ1) is 12.7. The van der Waals surface area contributed by atoms with Crippen molar-refractivity contribution in [3.63, 3.8) is 0 Å². The second kappa shape index (κ2) is 5.25. The van der Waals surface area contributed by atoms with Crippen LogP contribution >= 0.6 is 23.2 Å². The quantitative estimate of drug-likeness (QED) is 0.831. The monoisotopic (exact) mass is 282 g/mol. The highest BCUT2D eigenvalue weighted by atomic mass is 35.5. The number of carbonyl (C=O) groups is 1. The van der Waals surface area contributed by atoms with Gasteiger partial charge in [-0.05, 0) is 18.2 Å². The summed E-state index contributed by atoms with van der Waals surface area (Å²) in [4.78, 5) is 15.7. The SMILES string of the molecule is O=C(Nc1ccc(Cl)cc1O)c1ccncc1Cl. The zero-order chi connectivity index (χ0) is 13.1. The van der Waals surface area contributed by atoms with E-state index in [0.29, 0.717) is 5.02 Å². The summed E-state index contributed by atoms with van der Waals surface area (Å²) in [5.74, 6) is -0.541. The van der Waals surface area contributed by atoms with Gasteiger partial charge in [0.1, 0.15) is 5.75 Å². The third-order valence-corrected chi connectivity index (χ3v) is 2.76. The second-order valence-electron chi connectivity index (χ2n) is 3.47. The van der Waals surface area contributed by atoms with Gasteiger partial charge in [-0.2, -0.15) is 0 Å². The van der Waals surface area contributed by atoms with Crippen molar-refractivity contribution >= 4 is 34.8 Å². The molecular formula is C12H8Cl2N2O2. The molecule has 0 fully saturated rings. The second-order valence-corrected chi connectivity index (χ2v) is 4.31. The summed E-state index contributed by atoms with van der Waals surface area (Å²) in [6, 6.07) is 5.89. The predicted molar refractivity (Wildman–Crippen MR) is 70.3 cm³/mol. The van der Waals surface area contributed by atoms with E-state index in [2.05, 4.69) is 10.3 Å². The van der Waals surface area contributed by atoms with Crippen LogP contribution in [0, 0.1) is 0 Å². The predicted octanol–water partition coefficient (Wildman–Crippen LogP) is 3.35. The molecule has 0 aliphatic rings. The van der Waals surface area contributed by atoms with E-state index in [1.807, 2.05) is 0 Å². The number of phenols is 1. The van der Waals surface area contributed by atoms with Crippen LogP contribution in [0.15, 0.2) is 36.7 Å². The molecule has 0 aliphatic heterocycles. The maximum absolute atomic E-state index is 11.9. The Morgan fingerprint density at radius 3 is 2.72 bits per heavy atom. The van der Waals surface area contributed by atoms with Crippen LogP contribution in [0.2, 0.25) is 10.0 Å². The van der Waals surface area contributed by atoms with E-state index >= 15 is 0 Å². The number of rotatable bonds is 2. The van der Waals surface area contributed by atoms with Crippen molar-refractivity contribution in [1.29, 1.82) is 0 Å². The fourth-order valence-electron chi connectivity index (χ4n) is 1.36. The van der Waals surface area contributed by atoms with Crippen LogP contribution in [0.5, 0.6) is 5.75 Å². The molecule has 2 N–H and O–H groups in total. The van der Waals surface area contributed by atoms with Gasteiger partial charge in [-0.3, -0.25) is 9.78 Å². The number of amides is 1. The first-order valence-electron chi connectivity index (χ1n) is 4.97. The third kappa shape index (κ3) is 2.72. The Balaban J connectivity index is 2.24. The molecule has 6 heteroatoms. The summed E-state index contributed by atoms with van der Waals surface area (Å²) in [7, 11) is 0. The minimum Gasteiger partial charge on any atom is -0.506 e. The van der Waals surface area contributed by atoms with Gasteiger partial charge in [0, 0.05) is 23.5 Å². The molecule has 0 bridgehead atoms. The number of benzene rings is 1. The number of halogens is 2. The Morgan fingerprint density at radius 2 is 2.06 bits per heavy atom. The standard InChI is InChI=1S/C12H8Cl2N2O2/c13-7-1-2-10(11(17)5-7)16-12(18)8-3-4-15-6-9(8)14/h1-6,17H,(H,16,18). The summed E-state index contributed by atoms with van der Waals surface area (Å²) < 4.78 is 0. The molecule has 0 saturated carbocycles. The maximum atomic E-state index is 11.9.